The quantitative estimate of drug-likeness (QED) is 0.802. The first-order valence-corrected chi connectivity index (χ1v) is 9.70. The predicted molar refractivity (Wildman–Crippen MR) is 109 cm³/mol. The number of nitrogens with zero attached hydrogens (tertiary/aromatic N) is 3. The summed E-state index contributed by atoms with van der Waals surface area (Å²) in [6.45, 7) is 4.74. The number of imide groups is 1. The van der Waals surface area contributed by atoms with Gasteiger partial charge in [-0.3, -0.25) is 14.5 Å². The topological polar surface area (TPSA) is 81.2 Å². The van der Waals surface area contributed by atoms with Crippen molar-refractivity contribution >= 4 is 29.2 Å². The average molecular weight is 393 g/mol. The number of anilines is 2. The van der Waals surface area contributed by atoms with E-state index in [0.717, 1.165) is 23.7 Å². The summed E-state index contributed by atoms with van der Waals surface area (Å²) in [5.74, 6) is -1.64. The molecule has 2 aromatic carbocycles. The lowest BCUT2D eigenvalue weighted by molar-refractivity contribution is -0.123. The number of amides is 2. The van der Waals surface area contributed by atoms with Crippen molar-refractivity contribution in [3.05, 3.63) is 59.7 Å². The van der Waals surface area contributed by atoms with Crippen LogP contribution in [0.5, 0.6) is 0 Å². The summed E-state index contributed by atoms with van der Waals surface area (Å²) in [5, 5.41) is 9.25. The van der Waals surface area contributed by atoms with Crippen molar-refractivity contribution in [2.45, 2.75) is 19.4 Å². The summed E-state index contributed by atoms with van der Waals surface area (Å²) >= 11 is 0. The summed E-state index contributed by atoms with van der Waals surface area (Å²) in [4.78, 5) is 42.6. The maximum absolute atomic E-state index is 13.1. The number of carbonyl (C=O) groups excluding carboxylic acids is 2. The second-order valence-corrected chi connectivity index (χ2v) is 7.45. The van der Waals surface area contributed by atoms with Gasteiger partial charge in [0.2, 0.25) is 5.91 Å². The highest BCUT2D eigenvalue weighted by Gasteiger charge is 2.43. The van der Waals surface area contributed by atoms with Crippen LogP contribution in [0.15, 0.2) is 48.5 Å². The Bertz CT molecular complexity index is 952. The minimum Gasteiger partial charge on any atom is -0.478 e. The van der Waals surface area contributed by atoms with Crippen LogP contribution in [0, 0.1) is 6.92 Å². The van der Waals surface area contributed by atoms with Crippen molar-refractivity contribution in [2.75, 3.05) is 36.0 Å². The van der Waals surface area contributed by atoms with Crippen molar-refractivity contribution in [3.63, 3.8) is 0 Å². The van der Waals surface area contributed by atoms with Crippen LogP contribution in [0.1, 0.15) is 22.3 Å². The standard InChI is InChI=1S/C22H23N3O4/c1-15-7-8-16(22(28)29)13-18(15)25-20(26)14-19(21(25)27)24-11-9-23(10-12-24)17-5-3-2-4-6-17/h2-8,13,19H,9-12,14H2,1H3,(H,28,29)/t19-/m1/s1. The molecule has 2 fully saturated rings. The third-order valence-corrected chi connectivity index (χ3v) is 5.70. The van der Waals surface area contributed by atoms with E-state index < -0.39 is 12.0 Å². The minimum atomic E-state index is -1.08. The van der Waals surface area contributed by atoms with Crippen LogP contribution in [0.4, 0.5) is 11.4 Å². The Hall–Kier alpha value is -3.19. The highest BCUT2D eigenvalue weighted by atomic mass is 16.4. The first-order valence-electron chi connectivity index (χ1n) is 9.70. The van der Waals surface area contributed by atoms with Crippen molar-refractivity contribution < 1.29 is 19.5 Å². The van der Waals surface area contributed by atoms with Crippen molar-refractivity contribution in [3.8, 4) is 0 Å². The molecule has 7 heteroatoms. The van der Waals surface area contributed by atoms with E-state index in [-0.39, 0.29) is 23.8 Å². The van der Waals surface area contributed by atoms with Crippen LogP contribution >= 0.6 is 0 Å². The van der Waals surface area contributed by atoms with E-state index >= 15 is 0 Å². The first kappa shape index (κ1) is 19.1. The van der Waals surface area contributed by atoms with Gasteiger partial charge in [0.1, 0.15) is 0 Å². The molecule has 2 aliphatic heterocycles. The Morgan fingerprint density at radius 1 is 1.00 bits per heavy atom. The van der Waals surface area contributed by atoms with Crippen LogP contribution in [0.3, 0.4) is 0 Å². The van der Waals surface area contributed by atoms with Crippen LogP contribution in [0.2, 0.25) is 0 Å². The SMILES string of the molecule is Cc1ccc(C(=O)O)cc1N1C(=O)C[C@@H](N2CCN(c3ccccc3)CC2)C1=O. The van der Waals surface area contributed by atoms with Gasteiger partial charge in [0.25, 0.3) is 5.91 Å². The Morgan fingerprint density at radius 3 is 2.34 bits per heavy atom. The van der Waals surface area contributed by atoms with Gasteiger partial charge < -0.3 is 10.0 Å². The first-order chi connectivity index (χ1) is 14.0. The number of carboxylic acids is 1. The number of hydrogen-bond acceptors (Lipinski definition) is 5. The van der Waals surface area contributed by atoms with Gasteiger partial charge in [0.15, 0.2) is 0 Å². The molecule has 1 atom stereocenters. The fourth-order valence-corrected chi connectivity index (χ4v) is 4.07. The lowest BCUT2D eigenvalue weighted by atomic mass is 10.1. The number of aromatic carboxylic acids is 1. The molecule has 4 rings (SSSR count). The maximum Gasteiger partial charge on any atom is 0.335 e. The van der Waals surface area contributed by atoms with Gasteiger partial charge in [-0.05, 0) is 36.8 Å². The molecule has 0 aliphatic carbocycles. The number of hydrogen-bond donors (Lipinski definition) is 1. The normalized spacial score (nSPS) is 20.4. The Kier molecular flexibility index (Phi) is 5.07. The molecule has 0 saturated carbocycles. The molecule has 1 N–H and O–H groups in total. The van der Waals surface area contributed by atoms with Gasteiger partial charge in [-0.1, -0.05) is 24.3 Å². The summed E-state index contributed by atoms with van der Waals surface area (Å²) in [7, 11) is 0. The van der Waals surface area contributed by atoms with E-state index in [9.17, 15) is 19.5 Å². The molecule has 7 nitrogen and oxygen atoms in total. The Balaban J connectivity index is 1.49. The zero-order chi connectivity index (χ0) is 20.5. The highest BCUT2D eigenvalue weighted by molar-refractivity contribution is 6.23. The summed E-state index contributed by atoms with van der Waals surface area (Å²) < 4.78 is 0. The molecule has 0 spiro atoms. The van der Waals surface area contributed by atoms with Gasteiger partial charge in [-0.2, -0.15) is 0 Å². The molecular weight excluding hydrogens is 370 g/mol. The molecule has 2 heterocycles. The third-order valence-electron chi connectivity index (χ3n) is 5.70. The molecule has 2 aliphatic rings. The van der Waals surface area contributed by atoms with Crippen LogP contribution in [-0.2, 0) is 9.59 Å². The molecule has 2 saturated heterocycles. The number of carboxylic acid groups (broad SMARTS) is 1. The van der Waals surface area contributed by atoms with Crippen LogP contribution in [0.25, 0.3) is 0 Å². The molecule has 0 bridgehead atoms. The van der Waals surface area contributed by atoms with Gasteiger partial charge in [0, 0.05) is 31.9 Å². The minimum absolute atomic E-state index is 0.0612. The maximum atomic E-state index is 13.1. The van der Waals surface area contributed by atoms with E-state index in [1.54, 1.807) is 13.0 Å². The fourth-order valence-electron chi connectivity index (χ4n) is 4.07. The molecular formula is C22H23N3O4. The number of aryl methyl sites for hydroxylation is 1. The second-order valence-electron chi connectivity index (χ2n) is 7.45. The van der Waals surface area contributed by atoms with Crippen LogP contribution in [-0.4, -0.2) is 60.0 Å². The Morgan fingerprint density at radius 2 is 1.69 bits per heavy atom. The van der Waals surface area contributed by atoms with E-state index in [0.29, 0.717) is 24.3 Å². The van der Waals surface area contributed by atoms with Crippen molar-refractivity contribution in [1.82, 2.24) is 4.90 Å². The lowest BCUT2D eigenvalue weighted by Gasteiger charge is -2.38. The van der Waals surface area contributed by atoms with Crippen LogP contribution < -0.4 is 9.80 Å². The second kappa shape index (κ2) is 7.67. The van der Waals surface area contributed by atoms with Gasteiger partial charge in [0.05, 0.1) is 23.7 Å². The largest absolute Gasteiger partial charge is 0.478 e. The molecule has 150 valence electrons. The van der Waals surface area contributed by atoms with E-state index in [1.807, 2.05) is 18.2 Å². The summed E-state index contributed by atoms with van der Waals surface area (Å²) in [6.07, 6.45) is 0.126. The smallest absolute Gasteiger partial charge is 0.335 e. The van der Waals surface area contributed by atoms with E-state index in [1.165, 1.54) is 12.1 Å². The van der Waals surface area contributed by atoms with Crippen molar-refractivity contribution in [1.29, 1.82) is 0 Å². The lowest BCUT2D eigenvalue weighted by Crippen LogP contribution is -2.52. The molecule has 2 amide bonds. The number of para-hydroxylation sites is 1. The van der Waals surface area contributed by atoms with E-state index in [4.69, 9.17) is 0 Å². The summed E-state index contributed by atoms with van der Waals surface area (Å²) in [5.41, 5.74) is 2.28. The van der Waals surface area contributed by atoms with E-state index in [2.05, 4.69) is 21.9 Å². The fraction of sp³-hybridized carbons (Fsp3) is 0.318. The zero-order valence-electron chi connectivity index (χ0n) is 16.2. The number of carbonyl (C=O) groups is 3. The third kappa shape index (κ3) is 3.61. The monoisotopic (exact) mass is 393 g/mol. The van der Waals surface area contributed by atoms with Crippen molar-refractivity contribution in [2.24, 2.45) is 0 Å². The predicted octanol–water partition coefficient (Wildman–Crippen LogP) is 2.15. The number of rotatable bonds is 4. The Labute approximate surface area is 169 Å². The molecule has 0 radical (unpaired) electrons. The van der Waals surface area contributed by atoms with Gasteiger partial charge >= 0.3 is 5.97 Å². The zero-order valence-corrected chi connectivity index (χ0v) is 16.2. The molecule has 29 heavy (non-hydrogen) atoms. The number of benzene rings is 2. The molecule has 2 aromatic rings. The van der Waals surface area contributed by atoms with Gasteiger partial charge in [-0.25, -0.2) is 9.69 Å². The summed E-state index contributed by atoms with van der Waals surface area (Å²) in [6, 6.07) is 14.2. The molecule has 0 aromatic heterocycles. The average Bonchev–Trinajstić information content (AvgIpc) is 3.03. The van der Waals surface area contributed by atoms with Gasteiger partial charge in [-0.15, -0.1) is 0 Å². The highest BCUT2D eigenvalue weighted by Crippen LogP contribution is 2.30. The molecule has 0 unspecified atom stereocenters. The number of piperazine rings is 1.